The first-order valence-corrected chi connectivity index (χ1v) is 11.1. The molecule has 4 heteroatoms. The molecule has 1 aliphatic carbocycles. The zero-order valence-corrected chi connectivity index (χ0v) is 17.9. The third-order valence-corrected chi connectivity index (χ3v) is 6.13. The van der Waals surface area contributed by atoms with Gasteiger partial charge in [-0.3, -0.25) is 4.79 Å². The number of aromatic amines is 1. The number of nitrogens with one attached hydrogen (secondary N) is 1. The van der Waals surface area contributed by atoms with Gasteiger partial charge >= 0.3 is 0 Å². The van der Waals surface area contributed by atoms with Crippen molar-refractivity contribution in [2.75, 3.05) is 0 Å². The van der Waals surface area contributed by atoms with E-state index in [0.717, 1.165) is 54.8 Å². The Bertz CT molecular complexity index is 980. The fourth-order valence-electron chi connectivity index (χ4n) is 4.52. The van der Waals surface area contributed by atoms with E-state index in [4.69, 9.17) is 4.74 Å². The van der Waals surface area contributed by atoms with Crippen LogP contribution in [0.2, 0.25) is 0 Å². The Labute approximate surface area is 178 Å². The molecule has 2 unspecified atom stereocenters. The highest BCUT2D eigenvalue weighted by atomic mass is 16.5. The second-order valence-electron chi connectivity index (χ2n) is 8.08. The lowest BCUT2D eigenvalue weighted by atomic mass is 9.79. The van der Waals surface area contributed by atoms with Crippen molar-refractivity contribution in [2.24, 2.45) is 5.92 Å². The normalized spacial score (nSPS) is 16.9. The number of Topliss-reactive ketones (excluding diaryl/α,β-unsaturated/α-hetero) is 1. The Morgan fingerprint density at radius 3 is 2.70 bits per heavy atom. The van der Waals surface area contributed by atoms with E-state index in [1.54, 1.807) is 6.20 Å². The molecule has 1 aromatic heterocycles. The molecule has 0 aliphatic heterocycles. The number of carbonyl (C=O) groups is 1. The molecule has 1 N–H and O–H groups in total. The van der Waals surface area contributed by atoms with Crippen molar-refractivity contribution < 1.29 is 9.53 Å². The molecule has 0 bridgehead atoms. The van der Waals surface area contributed by atoms with Crippen LogP contribution in [0.25, 0.3) is 0 Å². The number of hydrogen-bond donors (Lipinski definition) is 1. The van der Waals surface area contributed by atoms with Crippen LogP contribution in [0.1, 0.15) is 72.1 Å². The summed E-state index contributed by atoms with van der Waals surface area (Å²) in [4.78, 5) is 20.5. The van der Waals surface area contributed by atoms with Gasteiger partial charge in [0.2, 0.25) is 0 Å². The summed E-state index contributed by atoms with van der Waals surface area (Å²) in [7, 11) is 0. The van der Waals surface area contributed by atoms with E-state index in [1.807, 2.05) is 36.5 Å². The first-order chi connectivity index (χ1) is 14.7. The Morgan fingerprint density at radius 1 is 1.17 bits per heavy atom. The molecule has 0 spiro atoms. The molecular weight excluding hydrogens is 372 g/mol. The van der Waals surface area contributed by atoms with E-state index in [9.17, 15) is 4.79 Å². The zero-order valence-electron chi connectivity index (χ0n) is 17.9. The minimum Gasteiger partial charge on any atom is -0.485 e. The lowest BCUT2D eigenvalue weighted by Crippen LogP contribution is -2.24. The van der Waals surface area contributed by atoms with Crippen LogP contribution in [0.15, 0.2) is 54.9 Å². The monoisotopic (exact) mass is 402 g/mol. The maximum Gasteiger partial charge on any atom is 0.166 e. The second kappa shape index (κ2) is 9.29. The van der Waals surface area contributed by atoms with Crippen molar-refractivity contribution in [2.45, 2.75) is 58.5 Å². The number of ketones is 1. The highest BCUT2D eigenvalue weighted by Crippen LogP contribution is 2.37. The minimum atomic E-state index is -0.145. The molecule has 30 heavy (non-hydrogen) atoms. The molecule has 4 rings (SSSR count). The SMILES string of the molecule is CCCc1c(OC(Cc2ncc[nH]2)c2ccccc2)ccc2c1CCC(CC)C2=O. The second-order valence-corrected chi connectivity index (χ2v) is 8.08. The average Bonchev–Trinajstić information content (AvgIpc) is 3.29. The van der Waals surface area contributed by atoms with Gasteiger partial charge in [-0.25, -0.2) is 4.98 Å². The summed E-state index contributed by atoms with van der Waals surface area (Å²) in [5.41, 5.74) is 4.44. The van der Waals surface area contributed by atoms with Crippen molar-refractivity contribution >= 4 is 5.78 Å². The van der Waals surface area contributed by atoms with Gasteiger partial charge in [0.1, 0.15) is 17.7 Å². The Balaban J connectivity index is 1.70. The molecule has 0 amide bonds. The minimum absolute atomic E-state index is 0.145. The number of benzene rings is 2. The van der Waals surface area contributed by atoms with Gasteiger partial charge < -0.3 is 9.72 Å². The van der Waals surface area contributed by atoms with Crippen LogP contribution >= 0.6 is 0 Å². The fourth-order valence-corrected chi connectivity index (χ4v) is 4.52. The topological polar surface area (TPSA) is 55.0 Å². The molecule has 4 nitrogen and oxygen atoms in total. The summed E-state index contributed by atoms with van der Waals surface area (Å²) >= 11 is 0. The predicted octanol–water partition coefficient (Wildman–Crippen LogP) is 5.88. The van der Waals surface area contributed by atoms with Crippen LogP contribution in [0, 0.1) is 5.92 Å². The van der Waals surface area contributed by atoms with Gasteiger partial charge in [0.05, 0.1) is 0 Å². The van der Waals surface area contributed by atoms with Crippen LogP contribution in [0.4, 0.5) is 0 Å². The van der Waals surface area contributed by atoms with Crippen molar-refractivity contribution in [3.8, 4) is 5.75 Å². The van der Waals surface area contributed by atoms with Crippen LogP contribution in [-0.2, 0) is 19.3 Å². The smallest absolute Gasteiger partial charge is 0.166 e. The van der Waals surface area contributed by atoms with E-state index in [2.05, 4.69) is 35.9 Å². The van der Waals surface area contributed by atoms with E-state index >= 15 is 0 Å². The molecule has 156 valence electrons. The number of rotatable bonds is 8. The fraction of sp³-hybridized carbons (Fsp3) is 0.385. The number of fused-ring (bicyclic) bond motifs is 1. The Morgan fingerprint density at radius 2 is 2.00 bits per heavy atom. The Kier molecular flexibility index (Phi) is 6.32. The summed E-state index contributed by atoms with van der Waals surface area (Å²) in [6.45, 7) is 4.29. The van der Waals surface area contributed by atoms with Crippen LogP contribution in [0.5, 0.6) is 5.75 Å². The van der Waals surface area contributed by atoms with Gasteiger partial charge in [-0.2, -0.15) is 0 Å². The van der Waals surface area contributed by atoms with Crippen molar-refractivity contribution in [1.29, 1.82) is 0 Å². The number of hydrogen-bond acceptors (Lipinski definition) is 3. The third kappa shape index (κ3) is 4.18. The molecule has 2 aromatic carbocycles. The predicted molar refractivity (Wildman–Crippen MR) is 119 cm³/mol. The molecule has 2 atom stereocenters. The third-order valence-electron chi connectivity index (χ3n) is 6.13. The lowest BCUT2D eigenvalue weighted by Gasteiger charge is -2.27. The standard InChI is InChI=1S/C26H30N2O2/c1-3-8-21-20-12-11-18(4-2)26(29)22(20)13-14-23(21)30-24(17-25-27-15-16-28-25)19-9-6-5-7-10-19/h5-7,9-10,13-16,18,24H,3-4,8,11-12,17H2,1-2H3,(H,27,28). The quantitative estimate of drug-likeness (QED) is 0.512. The van der Waals surface area contributed by atoms with E-state index in [-0.39, 0.29) is 12.0 Å². The maximum absolute atomic E-state index is 12.9. The number of H-pyrrole nitrogens is 1. The van der Waals surface area contributed by atoms with Crippen molar-refractivity contribution in [3.05, 3.63) is 82.9 Å². The summed E-state index contributed by atoms with van der Waals surface area (Å²) in [5, 5.41) is 0. The summed E-state index contributed by atoms with van der Waals surface area (Å²) in [6, 6.07) is 14.3. The number of imidazole rings is 1. The number of aromatic nitrogens is 2. The highest BCUT2D eigenvalue weighted by molar-refractivity contribution is 6.00. The van der Waals surface area contributed by atoms with Gasteiger partial charge in [-0.1, -0.05) is 50.6 Å². The molecule has 3 aromatic rings. The summed E-state index contributed by atoms with van der Waals surface area (Å²) < 4.78 is 6.64. The molecule has 1 heterocycles. The number of carbonyl (C=O) groups excluding carboxylic acids is 1. The van der Waals surface area contributed by atoms with Gasteiger partial charge in [0, 0.05) is 30.3 Å². The van der Waals surface area contributed by atoms with Gasteiger partial charge in [0.15, 0.2) is 5.78 Å². The number of ether oxygens (including phenoxy) is 1. The van der Waals surface area contributed by atoms with Gasteiger partial charge in [-0.05, 0) is 54.5 Å². The van der Waals surface area contributed by atoms with Crippen LogP contribution < -0.4 is 4.74 Å². The summed E-state index contributed by atoms with van der Waals surface area (Å²) in [5.74, 6) is 2.27. The van der Waals surface area contributed by atoms with Gasteiger partial charge in [-0.15, -0.1) is 0 Å². The average molecular weight is 403 g/mol. The molecule has 0 saturated heterocycles. The molecule has 1 aliphatic rings. The van der Waals surface area contributed by atoms with E-state index in [0.29, 0.717) is 12.2 Å². The Hall–Kier alpha value is -2.88. The van der Waals surface area contributed by atoms with E-state index in [1.165, 1.54) is 11.1 Å². The highest BCUT2D eigenvalue weighted by Gasteiger charge is 2.29. The summed E-state index contributed by atoms with van der Waals surface area (Å²) in [6.07, 6.45) is 8.89. The first-order valence-electron chi connectivity index (χ1n) is 11.1. The van der Waals surface area contributed by atoms with Crippen molar-refractivity contribution in [1.82, 2.24) is 9.97 Å². The first kappa shape index (κ1) is 20.4. The van der Waals surface area contributed by atoms with E-state index < -0.39 is 0 Å². The van der Waals surface area contributed by atoms with Crippen LogP contribution in [0.3, 0.4) is 0 Å². The largest absolute Gasteiger partial charge is 0.485 e. The molecular formula is C26H30N2O2. The van der Waals surface area contributed by atoms with Gasteiger partial charge in [0.25, 0.3) is 0 Å². The maximum atomic E-state index is 12.9. The molecule has 0 radical (unpaired) electrons. The van der Waals surface area contributed by atoms with Crippen LogP contribution in [-0.4, -0.2) is 15.8 Å². The van der Waals surface area contributed by atoms with Crippen molar-refractivity contribution in [3.63, 3.8) is 0 Å². The number of nitrogens with zero attached hydrogens (tertiary/aromatic N) is 1. The lowest BCUT2D eigenvalue weighted by molar-refractivity contribution is 0.0898. The molecule has 0 fully saturated rings. The molecule has 0 saturated carbocycles. The zero-order chi connectivity index (χ0) is 20.9.